The normalized spacial score (nSPS) is 10.3. The summed E-state index contributed by atoms with van der Waals surface area (Å²) in [4.78, 5) is 23.8. The first kappa shape index (κ1) is 18.3. The van der Waals surface area contributed by atoms with Gasteiger partial charge in [0.05, 0.1) is 17.2 Å². The molecule has 126 valence electrons. The first-order valence-electron chi connectivity index (χ1n) is 7.37. The zero-order valence-electron chi connectivity index (χ0n) is 13.1. The molecule has 4 nitrogen and oxygen atoms in total. The van der Waals surface area contributed by atoms with E-state index in [1.807, 2.05) is 24.3 Å². The highest BCUT2D eigenvalue weighted by atomic mass is 35.5. The monoisotopic (exact) mass is 365 g/mol. The third-order valence-corrected chi connectivity index (χ3v) is 4.20. The van der Waals surface area contributed by atoms with Crippen LogP contribution in [0.5, 0.6) is 5.75 Å². The summed E-state index contributed by atoms with van der Waals surface area (Å²) in [6, 6.07) is 12.4. The predicted molar refractivity (Wildman–Crippen MR) is 94.9 cm³/mol. The minimum absolute atomic E-state index is 0.00867. The van der Waals surface area contributed by atoms with E-state index in [9.17, 15) is 9.59 Å². The van der Waals surface area contributed by atoms with E-state index in [-0.39, 0.29) is 6.42 Å². The number of carbonyl (C=O) groups is 2. The van der Waals surface area contributed by atoms with Crippen molar-refractivity contribution in [3.05, 3.63) is 63.6 Å². The molecule has 0 aliphatic rings. The Labute approximate surface area is 150 Å². The Morgan fingerprint density at radius 3 is 2.29 bits per heavy atom. The highest BCUT2D eigenvalue weighted by Gasteiger charge is 2.14. The Morgan fingerprint density at radius 2 is 1.67 bits per heavy atom. The Balaban J connectivity index is 1.80. The number of methoxy groups -OCH3 is 1. The van der Waals surface area contributed by atoms with Crippen molar-refractivity contribution in [1.29, 1.82) is 0 Å². The van der Waals surface area contributed by atoms with Gasteiger partial charge in [0, 0.05) is 13.0 Å². The molecule has 6 heteroatoms. The lowest BCUT2D eigenvalue weighted by molar-refractivity contribution is -0.137. The summed E-state index contributed by atoms with van der Waals surface area (Å²) in [6.07, 6.45) is 0.626. The van der Waals surface area contributed by atoms with E-state index in [1.54, 1.807) is 25.3 Å². The summed E-state index contributed by atoms with van der Waals surface area (Å²) in [7, 11) is 1.61. The van der Waals surface area contributed by atoms with E-state index in [0.717, 1.165) is 11.3 Å². The average molecular weight is 366 g/mol. The van der Waals surface area contributed by atoms with Crippen LogP contribution in [0.4, 0.5) is 0 Å². The molecule has 24 heavy (non-hydrogen) atoms. The largest absolute Gasteiger partial charge is 0.497 e. The molecule has 1 N–H and O–H groups in total. The third-order valence-electron chi connectivity index (χ3n) is 3.46. The van der Waals surface area contributed by atoms with Crippen LogP contribution in [0, 0.1) is 0 Å². The minimum atomic E-state index is -0.602. The number of nitrogens with one attached hydrogen (secondary N) is 1. The molecule has 2 rings (SSSR count). The standard InChI is InChI=1S/C18H17Cl2NO3/c1-24-14-5-2-12(3-6-14)8-9-21-18(23)17(22)11-13-4-7-15(19)16(20)10-13/h2-7,10H,8-9,11H2,1H3,(H,21,23). The van der Waals surface area contributed by atoms with Gasteiger partial charge in [0.25, 0.3) is 5.91 Å². The van der Waals surface area contributed by atoms with E-state index >= 15 is 0 Å². The molecule has 2 aromatic carbocycles. The maximum Gasteiger partial charge on any atom is 0.287 e. The third kappa shape index (κ3) is 5.25. The molecule has 2 aromatic rings. The molecule has 1 amide bonds. The first-order chi connectivity index (χ1) is 11.5. The van der Waals surface area contributed by atoms with Crippen LogP contribution in [0.1, 0.15) is 11.1 Å². The highest BCUT2D eigenvalue weighted by molar-refractivity contribution is 6.42. The Hall–Kier alpha value is -2.04. The van der Waals surface area contributed by atoms with Crippen LogP contribution in [0.3, 0.4) is 0 Å². The minimum Gasteiger partial charge on any atom is -0.497 e. The van der Waals surface area contributed by atoms with Gasteiger partial charge < -0.3 is 10.1 Å². The number of hydrogen-bond donors (Lipinski definition) is 1. The van der Waals surface area contributed by atoms with Crippen molar-refractivity contribution in [2.45, 2.75) is 12.8 Å². The first-order valence-corrected chi connectivity index (χ1v) is 8.13. The summed E-state index contributed by atoms with van der Waals surface area (Å²) >= 11 is 11.7. The van der Waals surface area contributed by atoms with Crippen molar-refractivity contribution in [2.75, 3.05) is 13.7 Å². The number of carbonyl (C=O) groups excluding carboxylic acids is 2. The van der Waals surface area contributed by atoms with Crippen LogP contribution in [-0.2, 0) is 22.4 Å². The van der Waals surface area contributed by atoms with Crippen LogP contribution in [0.2, 0.25) is 10.0 Å². The Morgan fingerprint density at radius 1 is 1.00 bits per heavy atom. The second-order valence-electron chi connectivity index (χ2n) is 5.20. The molecule has 0 aliphatic heterocycles. The Kier molecular flexibility index (Phi) is 6.64. The molecule has 0 spiro atoms. The van der Waals surface area contributed by atoms with Crippen molar-refractivity contribution in [3.8, 4) is 5.75 Å². The molecular weight excluding hydrogens is 349 g/mol. The van der Waals surface area contributed by atoms with Gasteiger partial charge in [-0.2, -0.15) is 0 Å². The second kappa shape index (κ2) is 8.71. The van der Waals surface area contributed by atoms with Crippen LogP contribution in [0.25, 0.3) is 0 Å². The van der Waals surface area contributed by atoms with Crippen LogP contribution in [0.15, 0.2) is 42.5 Å². The topological polar surface area (TPSA) is 55.4 Å². The smallest absolute Gasteiger partial charge is 0.287 e. The summed E-state index contributed by atoms with van der Waals surface area (Å²) in [5.74, 6) is -0.336. The zero-order chi connectivity index (χ0) is 17.5. The van der Waals surface area contributed by atoms with E-state index in [4.69, 9.17) is 27.9 Å². The van der Waals surface area contributed by atoms with Gasteiger partial charge in [0.15, 0.2) is 0 Å². The number of ether oxygens (including phenoxy) is 1. The van der Waals surface area contributed by atoms with Gasteiger partial charge in [0.2, 0.25) is 5.78 Å². The van der Waals surface area contributed by atoms with Crippen molar-refractivity contribution in [2.24, 2.45) is 0 Å². The molecule has 0 aromatic heterocycles. The lowest BCUT2D eigenvalue weighted by Gasteiger charge is -2.06. The zero-order valence-corrected chi connectivity index (χ0v) is 14.7. The average Bonchev–Trinajstić information content (AvgIpc) is 2.58. The molecule has 0 aliphatic carbocycles. The lowest BCUT2D eigenvalue weighted by atomic mass is 10.1. The number of amides is 1. The second-order valence-corrected chi connectivity index (χ2v) is 6.02. The van der Waals surface area contributed by atoms with Crippen molar-refractivity contribution in [3.63, 3.8) is 0 Å². The van der Waals surface area contributed by atoms with Gasteiger partial charge in [-0.1, -0.05) is 41.4 Å². The molecule has 0 bridgehead atoms. The molecule has 0 fully saturated rings. The van der Waals surface area contributed by atoms with Gasteiger partial charge >= 0.3 is 0 Å². The molecule has 0 heterocycles. The van der Waals surface area contributed by atoms with Crippen LogP contribution >= 0.6 is 23.2 Å². The maximum atomic E-state index is 11.9. The number of Topliss-reactive ketones (excluding diaryl/α,β-unsaturated/α-hetero) is 1. The Bertz CT molecular complexity index is 730. The van der Waals surface area contributed by atoms with Gasteiger partial charge in [-0.15, -0.1) is 0 Å². The van der Waals surface area contributed by atoms with E-state index in [2.05, 4.69) is 5.32 Å². The summed E-state index contributed by atoms with van der Waals surface area (Å²) < 4.78 is 5.08. The van der Waals surface area contributed by atoms with E-state index < -0.39 is 11.7 Å². The number of rotatable bonds is 7. The van der Waals surface area contributed by atoms with Crippen molar-refractivity contribution >= 4 is 34.9 Å². The quantitative estimate of drug-likeness (QED) is 0.764. The van der Waals surface area contributed by atoms with Crippen molar-refractivity contribution in [1.82, 2.24) is 5.32 Å². The predicted octanol–water partition coefficient (Wildman–Crippen LogP) is 3.47. The number of hydrogen-bond acceptors (Lipinski definition) is 3. The van der Waals surface area contributed by atoms with Crippen molar-refractivity contribution < 1.29 is 14.3 Å². The SMILES string of the molecule is COc1ccc(CCNC(=O)C(=O)Cc2ccc(Cl)c(Cl)c2)cc1. The summed E-state index contributed by atoms with van der Waals surface area (Å²) in [5, 5.41) is 3.40. The molecule has 0 radical (unpaired) electrons. The molecule has 0 atom stereocenters. The van der Waals surface area contributed by atoms with Crippen LogP contribution < -0.4 is 10.1 Å². The fourth-order valence-corrected chi connectivity index (χ4v) is 2.45. The van der Waals surface area contributed by atoms with Gasteiger partial charge in [-0.05, 0) is 41.8 Å². The number of ketones is 1. The van der Waals surface area contributed by atoms with E-state index in [0.29, 0.717) is 28.6 Å². The number of benzene rings is 2. The molecule has 0 saturated heterocycles. The molecule has 0 saturated carbocycles. The van der Waals surface area contributed by atoms with Crippen LogP contribution in [-0.4, -0.2) is 25.3 Å². The highest BCUT2D eigenvalue weighted by Crippen LogP contribution is 2.22. The maximum absolute atomic E-state index is 11.9. The van der Waals surface area contributed by atoms with Gasteiger partial charge in [-0.3, -0.25) is 9.59 Å². The fraction of sp³-hybridized carbons (Fsp3) is 0.222. The number of halogens is 2. The summed E-state index contributed by atoms with van der Waals surface area (Å²) in [5.41, 5.74) is 1.70. The summed E-state index contributed by atoms with van der Waals surface area (Å²) in [6.45, 7) is 0.387. The van der Waals surface area contributed by atoms with Gasteiger partial charge in [0.1, 0.15) is 5.75 Å². The van der Waals surface area contributed by atoms with Gasteiger partial charge in [-0.25, -0.2) is 0 Å². The van der Waals surface area contributed by atoms with E-state index in [1.165, 1.54) is 0 Å². The fourth-order valence-electron chi connectivity index (χ4n) is 2.13. The molecule has 0 unspecified atom stereocenters. The molecular formula is C18H17Cl2NO3. The lowest BCUT2D eigenvalue weighted by Crippen LogP contribution is -2.33.